The molecule has 1 atom stereocenters. The molecule has 0 aromatic carbocycles. The molecule has 110 valence electrons. The van der Waals surface area contributed by atoms with Crippen LogP contribution in [0.15, 0.2) is 5.38 Å². The van der Waals surface area contributed by atoms with Crippen LogP contribution in [-0.4, -0.2) is 53.4 Å². The summed E-state index contributed by atoms with van der Waals surface area (Å²) in [5.74, 6) is 0.0292. The number of rotatable bonds is 2. The Morgan fingerprint density at radius 3 is 2.74 bits per heavy atom. The molecule has 1 saturated heterocycles. The Labute approximate surface area is 130 Å². The van der Waals surface area contributed by atoms with Gasteiger partial charge in [0.25, 0.3) is 5.91 Å². The van der Waals surface area contributed by atoms with Crippen LogP contribution < -0.4 is 5.73 Å². The molecule has 2 heterocycles. The fourth-order valence-electron chi connectivity index (χ4n) is 2.09. The molecule has 0 spiro atoms. The summed E-state index contributed by atoms with van der Waals surface area (Å²) in [7, 11) is 2.08. The number of thiazole rings is 1. The zero-order valence-electron chi connectivity index (χ0n) is 11.0. The van der Waals surface area contributed by atoms with Crippen LogP contribution in [-0.2, 0) is 6.54 Å². The topological polar surface area (TPSA) is 62.5 Å². The third kappa shape index (κ3) is 4.29. The molecule has 0 saturated carbocycles. The van der Waals surface area contributed by atoms with E-state index in [9.17, 15) is 4.79 Å². The van der Waals surface area contributed by atoms with Gasteiger partial charge in [-0.3, -0.25) is 4.79 Å². The van der Waals surface area contributed by atoms with Gasteiger partial charge in [-0.1, -0.05) is 0 Å². The first-order valence-electron chi connectivity index (χ1n) is 5.75. The molecule has 1 amide bonds. The summed E-state index contributed by atoms with van der Waals surface area (Å²) in [6.45, 7) is 5.08. The third-order valence-electron chi connectivity index (χ3n) is 3.04. The minimum atomic E-state index is 0. The zero-order chi connectivity index (χ0) is 12.4. The maximum absolute atomic E-state index is 12.3. The Balaban J connectivity index is 0.00000162. The van der Waals surface area contributed by atoms with E-state index in [4.69, 9.17) is 5.73 Å². The van der Waals surface area contributed by atoms with Gasteiger partial charge in [-0.25, -0.2) is 4.98 Å². The lowest BCUT2D eigenvalue weighted by Gasteiger charge is -2.37. The Morgan fingerprint density at radius 2 is 2.21 bits per heavy atom. The normalized spacial score (nSPS) is 19.5. The summed E-state index contributed by atoms with van der Waals surface area (Å²) in [5.41, 5.74) is 6.04. The van der Waals surface area contributed by atoms with Gasteiger partial charge in [-0.05, 0) is 14.0 Å². The highest BCUT2D eigenvalue weighted by Gasteiger charge is 2.27. The molecule has 0 radical (unpaired) electrons. The average Bonchev–Trinajstić information content (AvgIpc) is 2.76. The van der Waals surface area contributed by atoms with E-state index in [-0.39, 0.29) is 36.8 Å². The highest BCUT2D eigenvalue weighted by molar-refractivity contribution is 7.09. The van der Waals surface area contributed by atoms with E-state index in [1.165, 1.54) is 11.3 Å². The molecule has 1 unspecified atom stereocenters. The van der Waals surface area contributed by atoms with Crippen LogP contribution in [0.4, 0.5) is 0 Å². The highest BCUT2D eigenvalue weighted by atomic mass is 35.5. The zero-order valence-corrected chi connectivity index (χ0v) is 13.5. The largest absolute Gasteiger partial charge is 0.332 e. The number of carbonyl (C=O) groups is 1. The molecule has 1 aromatic heterocycles. The van der Waals surface area contributed by atoms with Crippen molar-refractivity contribution in [2.45, 2.75) is 19.5 Å². The van der Waals surface area contributed by atoms with Gasteiger partial charge >= 0.3 is 0 Å². The van der Waals surface area contributed by atoms with Crippen molar-refractivity contribution in [1.29, 1.82) is 0 Å². The number of halogens is 2. The minimum Gasteiger partial charge on any atom is -0.332 e. The van der Waals surface area contributed by atoms with Crippen LogP contribution in [0, 0.1) is 0 Å². The lowest BCUT2D eigenvalue weighted by atomic mass is 10.2. The van der Waals surface area contributed by atoms with E-state index in [0.717, 1.165) is 24.6 Å². The van der Waals surface area contributed by atoms with Crippen molar-refractivity contribution in [1.82, 2.24) is 14.8 Å². The summed E-state index contributed by atoms with van der Waals surface area (Å²) in [6, 6.07) is 0.240. The number of likely N-dealkylation sites (N-methyl/N-ethyl adjacent to an activating group) is 1. The van der Waals surface area contributed by atoms with Crippen molar-refractivity contribution in [2.24, 2.45) is 5.73 Å². The van der Waals surface area contributed by atoms with Crippen molar-refractivity contribution in [3.63, 3.8) is 0 Å². The maximum Gasteiger partial charge on any atom is 0.273 e. The summed E-state index contributed by atoms with van der Waals surface area (Å²) >= 11 is 1.45. The van der Waals surface area contributed by atoms with Crippen molar-refractivity contribution < 1.29 is 4.79 Å². The van der Waals surface area contributed by atoms with E-state index < -0.39 is 0 Å². The second-order valence-corrected chi connectivity index (χ2v) is 5.38. The second kappa shape index (κ2) is 8.01. The monoisotopic (exact) mass is 326 g/mol. The molecule has 8 heteroatoms. The first-order valence-corrected chi connectivity index (χ1v) is 6.63. The summed E-state index contributed by atoms with van der Waals surface area (Å²) in [4.78, 5) is 20.6. The number of carbonyl (C=O) groups excluding carboxylic acids is 1. The molecule has 1 aliphatic heterocycles. The summed E-state index contributed by atoms with van der Waals surface area (Å²) in [5, 5.41) is 2.62. The molecular weight excluding hydrogens is 307 g/mol. The highest BCUT2D eigenvalue weighted by Crippen LogP contribution is 2.15. The van der Waals surface area contributed by atoms with Crippen LogP contribution in [0.1, 0.15) is 22.4 Å². The number of hydrogen-bond donors (Lipinski definition) is 1. The van der Waals surface area contributed by atoms with Crippen LogP contribution in [0.25, 0.3) is 0 Å². The van der Waals surface area contributed by atoms with E-state index in [1.807, 2.05) is 4.90 Å². The molecule has 2 rings (SSSR count). The fourth-order valence-corrected chi connectivity index (χ4v) is 2.74. The van der Waals surface area contributed by atoms with Gasteiger partial charge in [0.15, 0.2) is 0 Å². The Morgan fingerprint density at radius 1 is 1.53 bits per heavy atom. The molecule has 0 aliphatic carbocycles. The van der Waals surface area contributed by atoms with Gasteiger partial charge in [-0.2, -0.15) is 0 Å². The Bertz CT molecular complexity index is 415. The van der Waals surface area contributed by atoms with Gasteiger partial charge in [0.1, 0.15) is 10.7 Å². The predicted molar refractivity (Wildman–Crippen MR) is 82.5 cm³/mol. The molecule has 5 nitrogen and oxygen atoms in total. The number of hydrogen-bond acceptors (Lipinski definition) is 5. The van der Waals surface area contributed by atoms with Crippen molar-refractivity contribution >= 4 is 42.1 Å². The maximum atomic E-state index is 12.3. The number of nitrogens with zero attached hydrogens (tertiary/aromatic N) is 3. The average molecular weight is 327 g/mol. The van der Waals surface area contributed by atoms with Crippen LogP contribution in [0.5, 0.6) is 0 Å². The smallest absolute Gasteiger partial charge is 0.273 e. The number of piperazine rings is 1. The van der Waals surface area contributed by atoms with Crippen LogP contribution in [0.2, 0.25) is 0 Å². The van der Waals surface area contributed by atoms with Crippen LogP contribution in [0.3, 0.4) is 0 Å². The minimum absolute atomic E-state index is 0. The first kappa shape index (κ1) is 18.6. The lowest BCUT2D eigenvalue weighted by Crippen LogP contribution is -2.52. The van der Waals surface area contributed by atoms with Gasteiger partial charge in [-0.15, -0.1) is 36.2 Å². The molecular formula is C11H20Cl2N4OS. The molecule has 1 aliphatic rings. The van der Waals surface area contributed by atoms with Gasteiger partial charge < -0.3 is 15.5 Å². The number of amides is 1. The first-order chi connectivity index (χ1) is 8.11. The number of nitrogens with two attached hydrogens (primary N) is 1. The van der Waals surface area contributed by atoms with Gasteiger partial charge in [0.2, 0.25) is 0 Å². The third-order valence-corrected chi connectivity index (χ3v) is 3.91. The quantitative estimate of drug-likeness (QED) is 0.887. The molecule has 2 N–H and O–H groups in total. The molecule has 0 bridgehead atoms. The van der Waals surface area contributed by atoms with Crippen LogP contribution >= 0.6 is 36.2 Å². The van der Waals surface area contributed by atoms with Crippen molar-refractivity contribution in [3.8, 4) is 0 Å². The molecule has 19 heavy (non-hydrogen) atoms. The van der Waals surface area contributed by atoms with E-state index in [2.05, 4.69) is 23.9 Å². The Hall–Kier alpha value is -0.400. The van der Waals surface area contributed by atoms with E-state index >= 15 is 0 Å². The standard InChI is InChI=1S/C11H18N4OS.2ClH/c1-8-6-14(2)3-4-15(8)11(16)9-7-17-10(5-12)13-9;;/h7-8H,3-6,12H2,1-2H3;2*1H. The lowest BCUT2D eigenvalue weighted by molar-refractivity contribution is 0.0528. The predicted octanol–water partition coefficient (Wildman–Crippen LogP) is 1.22. The van der Waals surface area contributed by atoms with E-state index in [0.29, 0.717) is 12.2 Å². The SMILES string of the molecule is CC1CN(C)CCN1C(=O)c1csc(CN)n1.Cl.Cl. The Kier molecular flexibility index (Phi) is 7.85. The van der Waals surface area contributed by atoms with Crippen molar-refractivity contribution in [2.75, 3.05) is 26.7 Å². The van der Waals surface area contributed by atoms with Gasteiger partial charge in [0.05, 0.1) is 0 Å². The summed E-state index contributed by atoms with van der Waals surface area (Å²) < 4.78 is 0. The number of aromatic nitrogens is 1. The molecule has 1 aromatic rings. The summed E-state index contributed by atoms with van der Waals surface area (Å²) in [6.07, 6.45) is 0. The van der Waals surface area contributed by atoms with Gasteiger partial charge in [0, 0.05) is 37.6 Å². The molecule has 1 fully saturated rings. The van der Waals surface area contributed by atoms with E-state index in [1.54, 1.807) is 5.38 Å². The fraction of sp³-hybridized carbons (Fsp3) is 0.636. The van der Waals surface area contributed by atoms with Crippen molar-refractivity contribution in [3.05, 3.63) is 16.1 Å². The second-order valence-electron chi connectivity index (χ2n) is 4.44.